The lowest BCUT2D eigenvalue weighted by Gasteiger charge is -2.07. The Morgan fingerprint density at radius 3 is 2.64 bits per heavy atom. The zero-order valence-electron chi connectivity index (χ0n) is 6.77. The van der Waals surface area contributed by atoms with Crippen LogP contribution in [0.1, 0.15) is 23.2 Å². The zero-order chi connectivity index (χ0) is 10.7. The number of halogens is 4. The predicted molar refractivity (Wildman–Crippen MR) is 48.5 cm³/mol. The number of pyridine rings is 1. The van der Waals surface area contributed by atoms with Gasteiger partial charge in [0.1, 0.15) is 16.9 Å². The first kappa shape index (κ1) is 11.2. The first-order chi connectivity index (χ1) is 6.60. The molecule has 0 atom stereocenters. The van der Waals surface area contributed by atoms with Crippen LogP contribution in [-0.2, 0) is 5.88 Å². The van der Waals surface area contributed by atoms with Gasteiger partial charge in [-0.15, -0.1) is 11.6 Å². The maximum absolute atomic E-state index is 12.5. The van der Waals surface area contributed by atoms with Crippen molar-refractivity contribution < 1.29 is 8.78 Å². The first-order valence-electron chi connectivity index (χ1n) is 3.53. The number of nitriles is 1. The average molecular weight is 237 g/mol. The monoisotopic (exact) mass is 236 g/mol. The van der Waals surface area contributed by atoms with E-state index >= 15 is 0 Å². The van der Waals surface area contributed by atoms with Crippen molar-refractivity contribution in [2.45, 2.75) is 12.3 Å². The van der Waals surface area contributed by atoms with Gasteiger partial charge in [-0.2, -0.15) is 5.26 Å². The Hall–Kier alpha value is -0.920. The lowest BCUT2D eigenvalue weighted by molar-refractivity contribution is 0.150. The summed E-state index contributed by atoms with van der Waals surface area (Å²) in [6.07, 6.45) is -2.71. The highest BCUT2D eigenvalue weighted by Gasteiger charge is 2.17. The predicted octanol–water partition coefficient (Wildman–Crippen LogP) is 3.28. The van der Waals surface area contributed by atoms with E-state index in [4.69, 9.17) is 28.5 Å². The third-order valence-electron chi connectivity index (χ3n) is 1.60. The van der Waals surface area contributed by atoms with Crippen molar-refractivity contribution in [3.8, 4) is 6.07 Å². The van der Waals surface area contributed by atoms with Gasteiger partial charge >= 0.3 is 0 Å². The van der Waals surface area contributed by atoms with E-state index < -0.39 is 6.43 Å². The summed E-state index contributed by atoms with van der Waals surface area (Å²) >= 11 is 10.9. The highest BCUT2D eigenvalue weighted by Crippen LogP contribution is 2.28. The summed E-state index contributed by atoms with van der Waals surface area (Å²) in [7, 11) is 0. The third-order valence-corrected chi connectivity index (χ3v) is 2.06. The van der Waals surface area contributed by atoms with Gasteiger partial charge in [-0.05, 0) is 6.07 Å². The van der Waals surface area contributed by atoms with E-state index in [9.17, 15) is 8.78 Å². The average Bonchev–Trinajstić information content (AvgIpc) is 2.16. The molecule has 74 valence electrons. The van der Waals surface area contributed by atoms with Crippen LogP contribution in [0.5, 0.6) is 0 Å². The van der Waals surface area contributed by atoms with Crippen molar-refractivity contribution >= 4 is 23.2 Å². The summed E-state index contributed by atoms with van der Waals surface area (Å²) in [5.41, 5.74) is -0.451. The summed E-state index contributed by atoms with van der Waals surface area (Å²) < 4.78 is 24.9. The first-order valence-corrected chi connectivity index (χ1v) is 4.45. The van der Waals surface area contributed by atoms with Crippen LogP contribution in [-0.4, -0.2) is 4.98 Å². The molecule has 0 aliphatic rings. The molecular formula is C8H4Cl2F2N2. The second-order valence-electron chi connectivity index (χ2n) is 2.41. The largest absolute Gasteiger partial charge is 0.264 e. The van der Waals surface area contributed by atoms with Crippen LogP contribution in [0, 0.1) is 11.3 Å². The van der Waals surface area contributed by atoms with Gasteiger partial charge in [0.25, 0.3) is 6.43 Å². The van der Waals surface area contributed by atoms with Gasteiger partial charge < -0.3 is 0 Å². The van der Waals surface area contributed by atoms with Crippen molar-refractivity contribution in [3.05, 3.63) is 28.0 Å². The maximum atomic E-state index is 12.5. The van der Waals surface area contributed by atoms with Gasteiger partial charge in [0, 0.05) is 11.1 Å². The van der Waals surface area contributed by atoms with Gasteiger partial charge in [-0.3, -0.25) is 0 Å². The zero-order valence-corrected chi connectivity index (χ0v) is 8.28. The molecule has 1 rings (SSSR count). The van der Waals surface area contributed by atoms with Crippen LogP contribution < -0.4 is 0 Å². The lowest BCUT2D eigenvalue weighted by Crippen LogP contribution is -1.99. The minimum absolute atomic E-state index is 0.0357. The van der Waals surface area contributed by atoms with Crippen molar-refractivity contribution in [2.24, 2.45) is 0 Å². The Balaban J connectivity index is 3.41. The lowest BCUT2D eigenvalue weighted by atomic mass is 10.1. The van der Waals surface area contributed by atoms with Gasteiger partial charge in [0.05, 0.1) is 5.88 Å². The van der Waals surface area contributed by atoms with Gasteiger partial charge in [-0.25, -0.2) is 13.8 Å². The standard InChI is InChI=1S/C8H4Cl2F2N2/c9-2-5-4(8(11)12)1-7(10)14-6(5)3-13/h1,8H,2H2. The van der Waals surface area contributed by atoms with E-state index in [1.165, 1.54) is 0 Å². The quantitative estimate of drug-likeness (QED) is 0.584. The molecule has 0 spiro atoms. The molecule has 0 unspecified atom stereocenters. The van der Waals surface area contributed by atoms with Crippen molar-refractivity contribution in [2.75, 3.05) is 0 Å². The Kier molecular flexibility index (Phi) is 3.62. The fourth-order valence-electron chi connectivity index (χ4n) is 0.986. The van der Waals surface area contributed by atoms with Crippen LogP contribution in [0.4, 0.5) is 8.78 Å². The van der Waals surface area contributed by atoms with Gasteiger partial charge in [0.2, 0.25) is 0 Å². The van der Waals surface area contributed by atoms with Crippen molar-refractivity contribution in [1.29, 1.82) is 5.26 Å². The van der Waals surface area contributed by atoms with E-state index in [0.29, 0.717) is 0 Å². The van der Waals surface area contributed by atoms with Crippen molar-refractivity contribution in [3.63, 3.8) is 0 Å². The molecule has 1 aromatic rings. The SMILES string of the molecule is N#Cc1nc(Cl)cc(C(F)F)c1CCl. The third kappa shape index (κ3) is 2.11. The summed E-state index contributed by atoms with van der Waals surface area (Å²) in [5, 5.41) is 8.47. The molecule has 1 heterocycles. The normalized spacial score (nSPS) is 10.3. The van der Waals surface area contributed by atoms with E-state index in [1.54, 1.807) is 6.07 Å². The Morgan fingerprint density at radius 2 is 2.21 bits per heavy atom. The number of rotatable bonds is 2. The molecule has 1 aromatic heterocycles. The van der Waals surface area contributed by atoms with Crippen molar-refractivity contribution in [1.82, 2.24) is 4.98 Å². The molecule has 0 aliphatic heterocycles. The van der Waals surface area contributed by atoms with E-state index in [2.05, 4.69) is 4.98 Å². The number of hydrogen-bond donors (Lipinski definition) is 0. The van der Waals surface area contributed by atoms with Gasteiger partial charge in [0.15, 0.2) is 0 Å². The molecular weight excluding hydrogens is 233 g/mol. The molecule has 0 fully saturated rings. The summed E-state index contributed by atoms with van der Waals surface area (Å²) in [6.45, 7) is 0. The van der Waals surface area contributed by atoms with Gasteiger partial charge in [-0.1, -0.05) is 11.6 Å². The fourth-order valence-corrected chi connectivity index (χ4v) is 1.47. The molecule has 0 aromatic carbocycles. The molecule has 0 aliphatic carbocycles. The molecule has 0 radical (unpaired) electrons. The smallest absolute Gasteiger partial charge is 0.225 e. The molecule has 0 saturated carbocycles. The summed E-state index contributed by atoms with van der Waals surface area (Å²) in [6, 6.07) is 2.69. The molecule has 0 amide bonds. The second kappa shape index (κ2) is 4.54. The number of alkyl halides is 3. The summed E-state index contributed by atoms with van der Waals surface area (Å²) in [4.78, 5) is 3.59. The topological polar surface area (TPSA) is 36.7 Å². The number of aromatic nitrogens is 1. The maximum Gasteiger partial charge on any atom is 0.264 e. The number of hydrogen-bond acceptors (Lipinski definition) is 2. The molecule has 14 heavy (non-hydrogen) atoms. The van der Waals surface area contributed by atoms with Crippen LogP contribution in [0.25, 0.3) is 0 Å². The minimum atomic E-state index is -2.71. The minimum Gasteiger partial charge on any atom is -0.225 e. The van der Waals surface area contributed by atoms with Crippen LogP contribution >= 0.6 is 23.2 Å². The Bertz CT molecular complexity index is 388. The van der Waals surface area contributed by atoms with E-state index in [0.717, 1.165) is 6.07 Å². The van der Waals surface area contributed by atoms with Crippen LogP contribution in [0.2, 0.25) is 5.15 Å². The highest BCUT2D eigenvalue weighted by atomic mass is 35.5. The Labute approximate surface area is 89.1 Å². The number of nitrogens with zero attached hydrogens (tertiary/aromatic N) is 2. The highest BCUT2D eigenvalue weighted by molar-refractivity contribution is 6.29. The summed E-state index contributed by atoms with van der Waals surface area (Å²) in [5.74, 6) is -0.188. The van der Waals surface area contributed by atoms with E-state index in [1.807, 2.05) is 0 Å². The van der Waals surface area contributed by atoms with Crippen LogP contribution in [0.15, 0.2) is 6.07 Å². The second-order valence-corrected chi connectivity index (χ2v) is 3.06. The molecule has 6 heteroatoms. The van der Waals surface area contributed by atoms with Crippen LogP contribution in [0.3, 0.4) is 0 Å². The van der Waals surface area contributed by atoms with E-state index in [-0.39, 0.29) is 27.9 Å². The molecule has 0 bridgehead atoms. The fraction of sp³-hybridized carbons (Fsp3) is 0.250. The molecule has 0 N–H and O–H groups in total. The molecule has 0 saturated heterocycles. The molecule has 2 nitrogen and oxygen atoms in total. The Morgan fingerprint density at radius 1 is 1.57 bits per heavy atom.